The highest BCUT2D eigenvalue weighted by molar-refractivity contribution is 5.34. The zero-order valence-corrected chi connectivity index (χ0v) is 12.7. The Morgan fingerprint density at radius 1 is 1.42 bits per heavy atom. The molecule has 0 saturated carbocycles. The molecule has 0 aromatic carbocycles. The lowest BCUT2D eigenvalue weighted by atomic mass is 9.91. The highest BCUT2D eigenvalue weighted by atomic mass is 16.5. The Morgan fingerprint density at radius 3 is 2.63 bits per heavy atom. The van der Waals surface area contributed by atoms with Crippen molar-refractivity contribution in [3.63, 3.8) is 0 Å². The summed E-state index contributed by atoms with van der Waals surface area (Å²) in [6.45, 7) is 11.4. The minimum atomic E-state index is -0.203. The number of aryl methyl sites for hydroxylation is 1. The second-order valence-electron chi connectivity index (χ2n) is 5.59. The van der Waals surface area contributed by atoms with Crippen LogP contribution >= 0.6 is 0 Å². The van der Waals surface area contributed by atoms with Gasteiger partial charge in [0, 0.05) is 23.8 Å². The summed E-state index contributed by atoms with van der Waals surface area (Å²) in [4.78, 5) is 8.76. The van der Waals surface area contributed by atoms with Gasteiger partial charge in [0.15, 0.2) is 0 Å². The molecular formula is C14H26N4O. The molecule has 19 heavy (non-hydrogen) atoms. The van der Waals surface area contributed by atoms with Gasteiger partial charge in [0.2, 0.25) is 11.8 Å². The molecule has 5 heteroatoms. The summed E-state index contributed by atoms with van der Waals surface area (Å²) in [5.41, 5.74) is 6.57. The van der Waals surface area contributed by atoms with E-state index in [0.29, 0.717) is 30.9 Å². The second-order valence-corrected chi connectivity index (χ2v) is 5.59. The predicted molar refractivity (Wildman–Crippen MR) is 78.5 cm³/mol. The van der Waals surface area contributed by atoms with Crippen LogP contribution in [0.25, 0.3) is 0 Å². The molecule has 3 N–H and O–H groups in total. The topological polar surface area (TPSA) is 73.1 Å². The number of hydrogen-bond acceptors (Lipinski definition) is 5. The number of rotatable bonds is 7. The molecule has 1 aromatic rings. The molecule has 0 aliphatic heterocycles. The van der Waals surface area contributed by atoms with Crippen LogP contribution in [0.5, 0.6) is 5.88 Å². The third kappa shape index (κ3) is 5.03. The molecule has 0 fully saturated rings. The molecule has 1 rings (SSSR count). The molecule has 0 amide bonds. The summed E-state index contributed by atoms with van der Waals surface area (Å²) in [5, 5.41) is 3.35. The Hall–Kier alpha value is -1.36. The van der Waals surface area contributed by atoms with E-state index in [9.17, 15) is 0 Å². The van der Waals surface area contributed by atoms with Gasteiger partial charge >= 0.3 is 0 Å². The van der Waals surface area contributed by atoms with Crippen molar-refractivity contribution in [2.75, 3.05) is 18.5 Å². The molecule has 0 bridgehead atoms. The molecule has 0 radical (unpaired) electrons. The molecule has 0 saturated heterocycles. The van der Waals surface area contributed by atoms with Gasteiger partial charge in [-0.25, -0.2) is 4.98 Å². The van der Waals surface area contributed by atoms with Gasteiger partial charge in [-0.1, -0.05) is 13.8 Å². The molecule has 108 valence electrons. The second kappa shape index (κ2) is 6.70. The largest absolute Gasteiger partial charge is 0.478 e. The lowest BCUT2D eigenvalue weighted by Crippen LogP contribution is -2.44. The monoisotopic (exact) mass is 266 g/mol. The average Bonchev–Trinajstić information content (AvgIpc) is 2.27. The van der Waals surface area contributed by atoms with Crippen LogP contribution < -0.4 is 15.8 Å². The van der Waals surface area contributed by atoms with E-state index in [1.54, 1.807) is 0 Å². The van der Waals surface area contributed by atoms with E-state index in [1.165, 1.54) is 0 Å². The number of ether oxygens (including phenoxy) is 1. The van der Waals surface area contributed by atoms with E-state index in [1.807, 2.05) is 19.9 Å². The van der Waals surface area contributed by atoms with Crippen molar-refractivity contribution in [1.29, 1.82) is 0 Å². The van der Waals surface area contributed by atoms with Gasteiger partial charge in [0.1, 0.15) is 0 Å². The number of anilines is 1. The van der Waals surface area contributed by atoms with Crippen molar-refractivity contribution < 1.29 is 4.74 Å². The van der Waals surface area contributed by atoms with Crippen LogP contribution in [0.1, 0.15) is 39.8 Å². The first-order valence-corrected chi connectivity index (χ1v) is 6.85. The van der Waals surface area contributed by atoms with Crippen molar-refractivity contribution in [2.24, 2.45) is 11.7 Å². The van der Waals surface area contributed by atoms with E-state index < -0.39 is 0 Å². The number of hydrogen-bond donors (Lipinski definition) is 2. The molecule has 0 spiro atoms. The number of nitrogens with two attached hydrogens (primary N) is 1. The van der Waals surface area contributed by atoms with Gasteiger partial charge in [-0.15, -0.1) is 0 Å². The quantitative estimate of drug-likeness (QED) is 0.792. The summed E-state index contributed by atoms with van der Waals surface area (Å²) >= 11 is 0. The SMILES string of the molecule is CCOc1cc(C)nc(NC(C)(CN)CC(C)C)n1. The third-order valence-electron chi connectivity index (χ3n) is 2.85. The molecule has 0 aliphatic rings. The molecule has 1 atom stereocenters. The Balaban J connectivity index is 2.90. The van der Waals surface area contributed by atoms with Gasteiger partial charge in [-0.3, -0.25) is 0 Å². The lowest BCUT2D eigenvalue weighted by molar-refractivity contribution is 0.325. The van der Waals surface area contributed by atoms with E-state index in [-0.39, 0.29) is 5.54 Å². The van der Waals surface area contributed by atoms with E-state index in [2.05, 4.69) is 36.1 Å². The first-order valence-electron chi connectivity index (χ1n) is 6.85. The van der Waals surface area contributed by atoms with Gasteiger partial charge in [-0.05, 0) is 33.1 Å². The van der Waals surface area contributed by atoms with Crippen LogP contribution in [-0.2, 0) is 0 Å². The maximum Gasteiger partial charge on any atom is 0.226 e. The van der Waals surface area contributed by atoms with Gasteiger partial charge < -0.3 is 15.8 Å². The van der Waals surface area contributed by atoms with Gasteiger partial charge in [0.25, 0.3) is 0 Å². The molecule has 1 heterocycles. The van der Waals surface area contributed by atoms with Crippen molar-refractivity contribution in [3.8, 4) is 5.88 Å². The summed E-state index contributed by atoms with van der Waals surface area (Å²) in [7, 11) is 0. The minimum absolute atomic E-state index is 0.203. The number of nitrogens with zero attached hydrogens (tertiary/aromatic N) is 2. The van der Waals surface area contributed by atoms with E-state index in [4.69, 9.17) is 10.5 Å². The Bertz CT molecular complexity index is 408. The normalized spacial score (nSPS) is 14.3. The molecule has 1 unspecified atom stereocenters. The lowest BCUT2D eigenvalue weighted by Gasteiger charge is -2.31. The number of aromatic nitrogens is 2. The van der Waals surface area contributed by atoms with Gasteiger partial charge in [0.05, 0.1) is 6.61 Å². The Labute approximate surface area is 116 Å². The van der Waals surface area contributed by atoms with Crippen LogP contribution in [0.15, 0.2) is 6.07 Å². The van der Waals surface area contributed by atoms with E-state index >= 15 is 0 Å². The number of nitrogens with one attached hydrogen (secondary N) is 1. The van der Waals surface area contributed by atoms with Crippen LogP contribution in [0.4, 0.5) is 5.95 Å². The molecule has 1 aromatic heterocycles. The maximum atomic E-state index is 5.89. The van der Waals surface area contributed by atoms with Crippen molar-refractivity contribution in [2.45, 2.75) is 46.6 Å². The summed E-state index contributed by atoms with van der Waals surface area (Å²) in [6.07, 6.45) is 0.963. The zero-order chi connectivity index (χ0) is 14.5. The van der Waals surface area contributed by atoms with Crippen molar-refractivity contribution >= 4 is 5.95 Å². The highest BCUT2D eigenvalue weighted by Gasteiger charge is 2.24. The van der Waals surface area contributed by atoms with Crippen LogP contribution in [0, 0.1) is 12.8 Å². The average molecular weight is 266 g/mol. The Kier molecular flexibility index (Phi) is 5.54. The van der Waals surface area contributed by atoms with Crippen molar-refractivity contribution in [3.05, 3.63) is 11.8 Å². The van der Waals surface area contributed by atoms with Crippen LogP contribution in [-0.4, -0.2) is 28.7 Å². The molecule has 5 nitrogen and oxygen atoms in total. The fourth-order valence-corrected chi connectivity index (χ4v) is 2.17. The smallest absolute Gasteiger partial charge is 0.226 e. The van der Waals surface area contributed by atoms with Gasteiger partial charge in [-0.2, -0.15) is 4.98 Å². The first kappa shape index (κ1) is 15.7. The summed E-state index contributed by atoms with van der Waals surface area (Å²) in [6, 6.07) is 1.83. The standard InChI is InChI=1S/C14H26N4O/c1-6-19-12-7-11(4)16-13(17-12)18-14(5,9-15)8-10(2)3/h7,10H,6,8-9,15H2,1-5H3,(H,16,17,18). The molecular weight excluding hydrogens is 240 g/mol. The predicted octanol–water partition coefficient (Wildman–Crippen LogP) is 2.36. The third-order valence-corrected chi connectivity index (χ3v) is 2.85. The van der Waals surface area contributed by atoms with Crippen molar-refractivity contribution in [1.82, 2.24) is 9.97 Å². The Morgan fingerprint density at radius 2 is 2.11 bits per heavy atom. The van der Waals surface area contributed by atoms with E-state index in [0.717, 1.165) is 12.1 Å². The zero-order valence-electron chi connectivity index (χ0n) is 12.7. The summed E-state index contributed by atoms with van der Waals surface area (Å²) < 4.78 is 5.43. The van der Waals surface area contributed by atoms with Crippen LogP contribution in [0.3, 0.4) is 0 Å². The fourth-order valence-electron chi connectivity index (χ4n) is 2.17. The maximum absolute atomic E-state index is 5.89. The summed E-state index contributed by atoms with van der Waals surface area (Å²) in [5.74, 6) is 1.73. The highest BCUT2D eigenvalue weighted by Crippen LogP contribution is 2.21. The minimum Gasteiger partial charge on any atom is -0.478 e. The first-order chi connectivity index (χ1) is 8.88. The van der Waals surface area contributed by atoms with Crippen LogP contribution in [0.2, 0.25) is 0 Å². The molecule has 0 aliphatic carbocycles. The fraction of sp³-hybridized carbons (Fsp3) is 0.714.